The number of rotatable bonds is 4. The van der Waals surface area contributed by atoms with E-state index in [2.05, 4.69) is 15.5 Å². The predicted molar refractivity (Wildman–Crippen MR) is 67.5 cm³/mol. The number of likely N-dealkylation sites (N-methyl/N-ethyl adjacent to an activating group) is 1. The third kappa shape index (κ3) is 3.51. The Kier molecular flexibility index (Phi) is 4.49. The van der Waals surface area contributed by atoms with Gasteiger partial charge in [0.2, 0.25) is 5.89 Å². The normalized spacial score (nSPS) is 19.7. The van der Waals surface area contributed by atoms with Crippen molar-refractivity contribution in [2.75, 3.05) is 26.7 Å². The van der Waals surface area contributed by atoms with E-state index in [4.69, 9.17) is 9.26 Å². The number of aromatic nitrogens is 2. The average molecular weight is 268 g/mol. The number of nitrogens with zero attached hydrogens (tertiary/aromatic N) is 3. The predicted octanol–water partition coefficient (Wildman–Crippen LogP) is 0.140. The highest BCUT2D eigenvalue weighted by molar-refractivity contribution is 5.81. The Bertz CT molecular complexity index is 426. The molecule has 1 aromatic rings. The first-order valence-corrected chi connectivity index (χ1v) is 6.47. The highest BCUT2D eigenvalue weighted by Crippen LogP contribution is 2.12. The molecule has 7 nitrogen and oxygen atoms in total. The molecule has 0 saturated carbocycles. The van der Waals surface area contributed by atoms with Crippen molar-refractivity contribution in [1.82, 2.24) is 20.4 Å². The van der Waals surface area contributed by atoms with Gasteiger partial charge in [0.25, 0.3) is 5.91 Å². The highest BCUT2D eigenvalue weighted by Gasteiger charge is 2.25. The SMILES string of the molecule is CC(C)c1nc(CN(C)C(=O)C2CNCCO2)no1. The summed E-state index contributed by atoms with van der Waals surface area (Å²) in [5.74, 6) is 1.23. The molecule has 7 heteroatoms. The zero-order chi connectivity index (χ0) is 13.8. The van der Waals surface area contributed by atoms with Crippen molar-refractivity contribution < 1.29 is 14.1 Å². The molecular formula is C12H20N4O3. The molecule has 1 aliphatic heterocycles. The minimum Gasteiger partial charge on any atom is -0.366 e. The van der Waals surface area contributed by atoms with Gasteiger partial charge in [-0.05, 0) is 0 Å². The molecule has 0 aliphatic carbocycles. The van der Waals surface area contributed by atoms with Gasteiger partial charge in [-0.25, -0.2) is 0 Å². The summed E-state index contributed by atoms with van der Waals surface area (Å²) in [4.78, 5) is 17.9. The molecule has 1 saturated heterocycles. The molecule has 0 spiro atoms. The third-order valence-electron chi connectivity index (χ3n) is 2.94. The molecule has 2 heterocycles. The molecule has 0 radical (unpaired) electrons. The fourth-order valence-electron chi connectivity index (χ4n) is 1.83. The van der Waals surface area contributed by atoms with Crippen LogP contribution in [0, 0.1) is 0 Å². The van der Waals surface area contributed by atoms with Crippen molar-refractivity contribution in [3.8, 4) is 0 Å². The Morgan fingerprint density at radius 3 is 2.95 bits per heavy atom. The van der Waals surface area contributed by atoms with Crippen molar-refractivity contribution in [3.63, 3.8) is 0 Å². The standard InChI is InChI=1S/C12H20N4O3/c1-8(2)11-14-10(15-19-11)7-16(3)12(17)9-6-13-4-5-18-9/h8-9,13H,4-7H2,1-3H3. The van der Waals surface area contributed by atoms with E-state index in [1.54, 1.807) is 11.9 Å². The fourth-order valence-corrected chi connectivity index (χ4v) is 1.83. The molecule has 1 aliphatic rings. The van der Waals surface area contributed by atoms with Gasteiger partial charge < -0.3 is 19.5 Å². The summed E-state index contributed by atoms with van der Waals surface area (Å²) in [5, 5.41) is 7.00. The Balaban J connectivity index is 1.91. The van der Waals surface area contributed by atoms with Gasteiger partial charge in [0.15, 0.2) is 5.82 Å². The number of nitrogens with one attached hydrogen (secondary N) is 1. The number of hydrogen-bond acceptors (Lipinski definition) is 6. The van der Waals surface area contributed by atoms with Gasteiger partial charge in [-0.15, -0.1) is 0 Å². The zero-order valence-electron chi connectivity index (χ0n) is 11.5. The van der Waals surface area contributed by atoms with Gasteiger partial charge in [-0.2, -0.15) is 4.98 Å². The molecule has 0 bridgehead atoms. The number of carbonyl (C=O) groups is 1. The molecule has 1 fully saturated rings. The minimum absolute atomic E-state index is 0.0666. The molecule has 1 aromatic heterocycles. The van der Waals surface area contributed by atoms with Crippen LogP contribution in [0.25, 0.3) is 0 Å². The number of morpholine rings is 1. The van der Waals surface area contributed by atoms with E-state index in [1.807, 2.05) is 13.8 Å². The van der Waals surface area contributed by atoms with Crippen molar-refractivity contribution >= 4 is 5.91 Å². The van der Waals surface area contributed by atoms with Gasteiger partial charge in [0.1, 0.15) is 6.10 Å². The maximum atomic E-state index is 12.1. The molecular weight excluding hydrogens is 248 g/mol. The fraction of sp³-hybridized carbons (Fsp3) is 0.750. The Morgan fingerprint density at radius 2 is 2.37 bits per heavy atom. The summed E-state index contributed by atoms with van der Waals surface area (Å²) in [7, 11) is 1.71. The van der Waals surface area contributed by atoms with Crippen LogP contribution >= 0.6 is 0 Å². The van der Waals surface area contributed by atoms with E-state index in [9.17, 15) is 4.79 Å². The number of hydrogen-bond donors (Lipinski definition) is 1. The molecule has 1 atom stereocenters. The molecule has 1 unspecified atom stereocenters. The Hall–Kier alpha value is -1.47. The molecule has 1 amide bonds. The van der Waals surface area contributed by atoms with Gasteiger partial charge in [-0.3, -0.25) is 4.79 Å². The van der Waals surface area contributed by atoms with E-state index in [1.165, 1.54) is 0 Å². The lowest BCUT2D eigenvalue weighted by molar-refractivity contribution is -0.144. The minimum atomic E-state index is -0.421. The first kappa shape index (κ1) is 14.0. The van der Waals surface area contributed by atoms with Crippen molar-refractivity contribution in [2.45, 2.75) is 32.4 Å². The van der Waals surface area contributed by atoms with Crippen LogP contribution in [0.5, 0.6) is 0 Å². The summed E-state index contributed by atoms with van der Waals surface area (Å²) in [6, 6.07) is 0. The van der Waals surface area contributed by atoms with Crippen LogP contribution in [0.2, 0.25) is 0 Å². The molecule has 1 N–H and O–H groups in total. The zero-order valence-corrected chi connectivity index (χ0v) is 11.5. The summed E-state index contributed by atoms with van der Waals surface area (Å²) < 4.78 is 10.5. The maximum Gasteiger partial charge on any atom is 0.253 e. The van der Waals surface area contributed by atoms with Crippen molar-refractivity contribution in [1.29, 1.82) is 0 Å². The first-order chi connectivity index (χ1) is 9.08. The second-order valence-electron chi connectivity index (χ2n) is 4.96. The lowest BCUT2D eigenvalue weighted by Gasteiger charge is -2.26. The van der Waals surface area contributed by atoms with Crippen LogP contribution in [-0.4, -0.2) is 53.8 Å². The summed E-state index contributed by atoms with van der Waals surface area (Å²) >= 11 is 0. The first-order valence-electron chi connectivity index (χ1n) is 6.47. The second-order valence-corrected chi connectivity index (χ2v) is 4.96. The van der Waals surface area contributed by atoms with Gasteiger partial charge in [-0.1, -0.05) is 19.0 Å². The lowest BCUT2D eigenvalue weighted by Crippen LogP contribution is -2.48. The number of amides is 1. The Morgan fingerprint density at radius 1 is 1.58 bits per heavy atom. The van der Waals surface area contributed by atoms with Crippen LogP contribution in [0.15, 0.2) is 4.52 Å². The molecule has 2 rings (SSSR count). The van der Waals surface area contributed by atoms with Crippen molar-refractivity contribution in [3.05, 3.63) is 11.7 Å². The number of ether oxygens (including phenoxy) is 1. The topological polar surface area (TPSA) is 80.5 Å². The van der Waals surface area contributed by atoms with Crippen LogP contribution in [0.1, 0.15) is 31.5 Å². The average Bonchev–Trinajstić information content (AvgIpc) is 2.87. The maximum absolute atomic E-state index is 12.1. The Labute approximate surface area is 112 Å². The second kappa shape index (κ2) is 6.12. The number of carbonyl (C=O) groups excluding carboxylic acids is 1. The van der Waals surface area contributed by atoms with E-state index >= 15 is 0 Å². The van der Waals surface area contributed by atoms with Crippen LogP contribution in [0.4, 0.5) is 0 Å². The van der Waals surface area contributed by atoms with E-state index < -0.39 is 6.10 Å². The van der Waals surface area contributed by atoms with Gasteiger partial charge >= 0.3 is 0 Å². The lowest BCUT2D eigenvalue weighted by atomic mass is 10.2. The van der Waals surface area contributed by atoms with Crippen molar-refractivity contribution in [2.24, 2.45) is 0 Å². The highest BCUT2D eigenvalue weighted by atomic mass is 16.5. The van der Waals surface area contributed by atoms with Crippen LogP contribution < -0.4 is 5.32 Å². The monoisotopic (exact) mass is 268 g/mol. The summed E-state index contributed by atoms with van der Waals surface area (Å²) in [6.45, 7) is 6.18. The summed E-state index contributed by atoms with van der Waals surface area (Å²) in [6.07, 6.45) is -0.421. The smallest absolute Gasteiger partial charge is 0.253 e. The van der Waals surface area contributed by atoms with Gasteiger partial charge in [0, 0.05) is 26.1 Å². The summed E-state index contributed by atoms with van der Waals surface area (Å²) in [5.41, 5.74) is 0. The molecule has 19 heavy (non-hydrogen) atoms. The molecule has 106 valence electrons. The van der Waals surface area contributed by atoms with E-state index in [-0.39, 0.29) is 11.8 Å². The van der Waals surface area contributed by atoms with Gasteiger partial charge in [0.05, 0.1) is 13.2 Å². The quantitative estimate of drug-likeness (QED) is 0.836. The van der Waals surface area contributed by atoms with E-state index in [0.717, 1.165) is 6.54 Å². The molecule has 0 aromatic carbocycles. The van der Waals surface area contributed by atoms with Crippen LogP contribution in [-0.2, 0) is 16.1 Å². The van der Waals surface area contributed by atoms with E-state index in [0.29, 0.717) is 31.4 Å². The third-order valence-corrected chi connectivity index (χ3v) is 2.94. The van der Waals surface area contributed by atoms with Crippen LogP contribution in [0.3, 0.4) is 0 Å². The largest absolute Gasteiger partial charge is 0.366 e.